The Kier molecular flexibility index (Phi) is 8.60. The summed E-state index contributed by atoms with van der Waals surface area (Å²) in [5, 5.41) is 5.05. The van der Waals surface area contributed by atoms with E-state index in [1.165, 1.54) is 30.9 Å². The molecule has 5 nitrogen and oxygen atoms in total. The van der Waals surface area contributed by atoms with E-state index in [9.17, 15) is 0 Å². The highest BCUT2D eigenvalue weighted by atomic mass is 32.1. The molecule has 59 heavy (non-hydrogen) atoms. The fourth-order valence-electron chi connectivity index (χ4n) is 7.85. The third-order valence-electron chi connectivity index (χ3n) is 10.7. The van der Waals surface area contributed by atoms with E-state index in [1.807, 2.05) is 90.2 Å². The smallest absolute Gasteiger partial charge is 0.164 e. The number of rotatable bonds is 7. The van der Waals surface area contributed by atoms with Gasteiger partial charge in [-0.05, 0) is 46.2 Å². The number of benzene rings is 8. The van der Waals surface area contributed by atoms with Gasteiger partial charge in [0.1, 0.15) is 0 Å². The van der Waals surface area contributed by atoms with Gasteiger partial charge in [-0.2, -0.15) is 0 Å². The molecule has 11 aromatic rings. The number of thiophene rings is 1. The summed E-state index contributed by atoms with van der Waals surface area (Å²) in [6, 6.07) is 69.2. The lowest BCUT2D eigenvalue weighted by Gasteiger charge is -2.12. The van der Waals surface area contributed by atoms with Crippen LogP contribution in [0.3, 0.4) is 0 Å². The van der Waals surface area contributed by atoms with E-state index >= 15 is 0 Å². The number of nitrogens with zero attached hydrogens (tertiary/aromatic N) is 5. The molecular formula is C53H33N5S. The minimum atomic E-state index is 0.618. The maximum atomic E-state index is 5.24. The second-order valence-electron chi connectivity index (χ2n) is 14.5. The van der Waals surface area contributed by atoms with Crippen molar-refractivity contribution in [2.24, 2.45) is 0 Å². The number of aromatic nitrogens is 5. The molecule has 0 atom stereocenters. The zero-order chi connectivity index (χ0) is 39.1. The molecule has 0 amide bonds. The van der Waals surface area contributed by atoms with Crippen molar-refractivity contribution in [2.45, 2.75) is 0 Å². The largest absolute Gasteiger partial charge is 0.228 e. The van der Waals surface area contributed by atoms with Gasteiger partial charge in [0, 0.05) is 53.6 Å². The lowest BCUT2D eigenvalue weighted by atomic mass is 9.98. The van der Waals surface area contributed by atoms with Gasteiger partial charge in [-0.25, -0.2) is 24.9 Å². The van der Waals surface area contributed by atoms with Crippen molar-refractivity contribution < 1.29 is 0 Å². The first kappa shape index (κ1) is 34.6. The molecule has 0 saturated heterocycles. The Morgan fingerprint density at radius 1 is 0.305 bits per heavy atom. The molecule has 0 saturated carbocycles. The van der Waals surface area contributed by atoms with Crippen LogP contribution in [0.15, 0.2) is 200 Å². The van der Waals surface area contributed by atoms with E-state index in [1.54, 1.807) is 0 Å². The van der Waals surface area contributed by atoms with Crippen LogP contribution in [0, 0.1) is 0 Å². The van der Waals surface area contributed by atoms with Crippen LogP contribution in [0.2, 0.25) is 0 Å². The Hall–Kier alpha value is -7.67. The average molecular weight is 772 g/mol. The second-order valence-corrected chi connectivity index (χ2v) is 15.5. The minimum Gasteiger partial charge on any atom is -0.228 e. The Balaban J connectivity index is 1.03. The lowest BCUT2D eigenvalue weighted by molar-refractivity contribution is 1.07. The molecular weight excluding hydrogens is 739 g/mol. The molecule has 0 aliphatic heterocycles. The molecule has 0 spiro atoms. The Morgan fingerprint density at radius 2 is 0.780 bits per heavy atom. The summed E-state index contributed by atoms with van der Waals surface area (Å²) < 4.78 is 2.49. The molecule has 0 N–H and O–H groups in total. The molecule has 11 rings (SSSR count). The van der Waals surface area contributed by atoms with Gasteiger partial charge in [-0.3, -0.25) is 0 Å². The van der Waals surface area contributed by atoms with Crippen LogP contribution < -0.4 is 0 Å². The van der Waals surface area contributed by atoms with Crippen molar-refractivity contribution in [3.63, 3.8) is 0 Å². The first-order valence-electron chi connectivity index (χ1n) is 19.6. The summed E-state index contributed by atoms with van der Waals surface area (Å²) in [7, 11) is 0. The number of hydrogen-bond donors (Lipinski definition) is 0. The lowest BCUT2D eigenvalue weighted by Crippen LogP contribution is -2.00. The van der Waals surface area contributed by atoms with E-state index in [-0.39, 0.29) is 0 Å². The highest BCUT2D eigenvalue weighted by Crippen LogP contribution is 2.43. The summed E-state index contributed by atoms with van der Waals surface area (Å²) >= 11 is 1.82. The normalized spacial score (nSPS) is 11.4. The standard InChI is InChI=1S/C53H33N5S/c1-4-16-35(17-5-1)50-54-45(33-46(55-50)43-27-14-28-44-48-42-26-11-10-15-34(42)29-30-47(48)59-49(43)44)40-24-12-22-38(31-40)39-23-13-25-41(32-39)53-57-51(36-18-6-2-7-19-36)56-52(58-53)37-20-8-3-9-21-37/h1-33H. The Labute approximate surface area is 345 Å². The van der Waals surface area contributed by atoms with Crippen LogP contribution in [-0.2, 0) is 0 Å². The molecule has 0 fully saturated rings. The molecule has 8 aromatic carbocycles. The molecule has 276 valence electrons. The van der Waals surface area contributed by atoms with Gasteiger partial charge < -0.3 is 0 Å². The highest BCUT2D eigenvalue weighted by molar-refractivity contribution is 7.26. The highest BCUT2D eigenvalue weighted by Gasteiger charge is 2.18. The van der Waals surface area contributed by atoms with Gasteiger partial charge in [0.15, 0.2) is 23.3 Å². The van der Waals surface area contributed by atoms with Crippen LogP contribution in [-0.4, -0.2) is 24.9 Å². The van der Waals surface area contributed by atoms with Crippen molar-refractivity contribution in [1.82, 2.24) is 24.9 Å². The fourth-order valence-corrected chi connectivity index (χ4v) is 9.09. The molecule has 0 aliphatic rings. The van der Waals surface area contributed by atoms with Crippen LogP contribution in [0.25, 0.3) is 110 Å². The topological polar surface area (TPSA) is 64.5 Å². The zero-order valence-corrected chi connectivity index (χ0v) is 32.5. The summed E-state index contributed by atoms with van der Waals surface area (Å²) in [6.45, 7) is 0. The minimum absolute atomic E-state index is 0.618. The Morgan fingerprint density at radius 3 is 1.44 bits per heavy atom. The summed E-state index contributed by atoms with van der Waals surface area (Å²) in [5.74, 6) is 2.57. The van der Waals surface area contributed by atoms with E-state index in [0.717, 1.165) is 55.9 Å². The van der Waals surface area contributed by atoms with Gasteiger partial charge >= 0.3 is 0 Å². The molecule has 0 aliphatic carbocycles. The van der Waals surface area contributed by atoms with Crippen molar-refractivity contribution in [3.8, 4) is 79.2 Å². The molecule has 0 radical (unpaired) electrons. The third-order valence-corrected chi connectivity index (χ3v) is 11.9. The predicted octanol–water partition coefficient (Wildman–Crippen LogP) is 13.9. The van der Waals surface area contributed by atoms with Gasteiger partial charge in [-0.1, -0.05) is 176 Å². The van der Waals surface area contributed by atoms with Gasteiger partial charge in [0.05, 0.1) is 11.4 Å². The van der Waals surface area contributed by atoms with Gasteiger partial charge in [0.25, 0.3) is 0 Å². The summed E-state index contributed by atoms with van der Waals surface area (Å²) in [5.41, 5.74) is 9.70. The number of hydrogen-bond acceptors (Lipinski definition) is 6. The van der Waals surface area contributed by atoms with Gasteiger partial charge in [0.2, 0.25) is 0 Å². The summed E-state index contributed by atoms with van der Waals surface area (Å²) in [6.07, 6.45) is 0. The molecule has 0 bridgehead atoms. The van der Waals surface area contributed by atoms with E-state index in [0.29, 0.717) is 23.3 Å². The van der Waals surface area contributed by atoms with Crippen molar-refractivity contribution in [2.75, 3.05) is 0 Å². The van der Waals surface area contributed by atoms with E-state index < -0.39 is 0 Å². The first-order chi connectivity index (χ1) is 29.2. The SMILES string of the molecule is c1ccc(-c2nc(-c3cccc(-c4cccc(-c5nc(-c6ccccc6)nc(-c6ccccc6)n5)c4)c3)cc(-c3cccc4c3sc3ccc5ccccc5c34)n2)cc1. The Bertz CT molecular complexity index is 3270. The predicted molar refractivity (Wildman–Crippen MR) is 244 cm³/mol. The number of fused-ring (bicyclic) bond motifs is 5. The van der Waals surface area contributed by atoms with Crippen molar-refractivity contribution in [1.29, 1.82) is 0 Å². The summed E-state index contributed by atoms with van der Waals surface area (Å²) in [4.78, 5) is 25.3. The average Bonchev–Trinajstić information content (AvgIpc) is 3.72. The third kappa shape index (κ3) is 6.52. The molecule has 0 unspecified atom stereocenters. The molecule has 3 heterocycles. The monoisotopic (exact) mass is 771 g/mol. The quantitative estimate of drug-likeness (QED) is 0.161. The van der Waals surface area contributed by atoms with Crippen molar-refractivity contribution in [3.05, 3.63) is 200 Å². The first-order valence-corrected chi connectivity index (χ1v) is 20.4. The molecule has 3 aromatic heterocycles. The van der Waals surface area contributed by atoms with E-state index in [4.69, 9.17) is 24.9 Å². The fraction of sp³-hybridized carbons (Fsp3) is 0. The van der Waals surface area contributed by atoms with Crippen molar-refractivity contribution >= 4 is 42.3 Å². The zero-order valence-electron chi connectivity index (χ0n) is 31.7. The maximum absolute atomic E-state index is 5.24. The van der Waals surface area contributed by atoms with Gasteiger partial charge in [-0.15, -0.1) is 11.3 Å². The van der Waals surface area contributed by atoms with Crippen LogP contribution in [0.4, 0.5) is 0 Å². The maximum Gasteiger partial charge on any atom is 0.164 e. The van der Waals surface area contributed by atoms with Crippen LogP contribution in [0.1, 0.15) is 0 Å². The van der Waals surface area contributed by atoms with E-state index in [2.05, 4.69) is 121 Å². The molecule has 6 heteroatoms. The second kappa shape index (κ2) is 14.7. The van der Waals surface area contributed by atoms with Crippen LogP contribution >= 0.6 is 11.3 Å². The van der Waals surface area contributed by atoms with Crippen LogP contribution in [0.5, 0.6) is 0 Å².